The Morgan fingerprint density at radius 3 is 2.29 bits per heavy atom. The molecule has 0 saturated carbocycles. The van der Waals surface area contributed by atoms with Crippen molar-refractivity contribution in [2.24, 2.45) is 7.05 Å². The van der Waals surface area contributed by atoms with E-state index < -0.39 is 0 Å². The first-order chi connectivity index (χ1) is 7.91. The molecule has 0 aliphatic rings. The van der Waals surface area contributed by atoms with Gasteiger partial charge in [0.15, 0.2) is 0 Å². The van der Waals surface area contributed by atoms with Gasteiger partial charge in [-0.15, -0.1) is 0 Å². The molecule has 2 aromatic rings. The largest absolute Gasteiger partial charge is 0.268 e. The van der Waals surface area contributed by atoms with E-state index in [0.29, 0.717) is 11.3 Å². The highest BCUT2D eigenvalue weighted by Gasteiger charge is 2.17. The van der Waals surface area contributed by atoms with Crippen molar-refractivity contribution in [1.29, 1.82) is 0 Å². The number of aryl methyl sites for hydroxylation is 1. The number of nitrogens with zero attached hydrogens (tertiary/aromatic N) is 2. The first-order valence-electron chi connectivity index (χ1n) is 6.07. The lowest BCUT2D eigenvalue weighted by Gasteiger charge is -2.07. The molecule has 0 fully saturated rings. The highest BCUT2D eigenvalue weighted by molar-refractivity contribution is 5.84. The molecule has 1 heterocycles. The number of hydrogen-bond donors (Lipinski definition) is 0. The Kier molecular flexibility index (Phi) is 2.94. The van der Waals surface area contributed by atoms with Gasteiger partial charge in [-0.05, 0) is 29.5 Å². The fraction of sp³-hybridized carbons (Fsp3) is 0.500. The molecule has 2 nitrogen and oxygen atoms in total. The molecule has 0 N–H and O–H groups in total. The number of fused-ring (bicyclic) bond motifs is 1. The van der Waals surface area contributed by atoms with Crippen LogP contribution in [0.4, 0.5) is 4.39 Å². The second kappa shape index (κ2) is 4.13. The van der Waals surface area contributed by atoms with E-state index >= 15 is 0 Å². The Morgan fingerprint density at radius 1 is 1.12 bits per heavy atom. The molecule has 0 bridgehead atoms. The quantitative estimate of drug-likeness (QED) is 0.769. The smallest absolute Gasteiger partial charge is 0.134 e. The molecule has 1 aromatic carbocycles. The molecule has 3 heteroatoms. The number of halogens is 1. The number of hydrogen-bond acceptors (Lipinski definition) is 1. The fourth-order valence-electron chi connectivity index (χ4n) is 2.12. The van der Waals surface area contributed by atoms with Gasteiger partial charge in [0.05, 0.1) is 16.6 Å². The van der Waals surface area contributed by atoms with E-state index in [4.69, 9.17) is 0 Å². The molecule has 17 heavy (non-hydrogen) atoms. The maximum atomic E-state index is 14.2. The first-order valence-corrected chi connectivity index (χ1v) is 6.07. The van der Waals surface area contributed by atoms with Gasteiger partial charge in [0.2, 0.25) is 0 Å². The van der Waals surface area contributed by atoms with Crippen LogP contribution in [-0.4, -0.2) is 9.78 Å². The van der Waals surface area contributed by atoms with Gasteiger partial charge < -0.3 is 0 Å². The molecular weight excluding hydrogens is 215 g/mol. The molecule has 0 atom stereocenters. The number of benzene rings is 1. The summed E-state index contributed by atoms with van der Waals surface area (Å²) in [4.78, 5) is 0. The zero-order valence-corrected chi connectivity index (χ0v) is 11.1. The zero-order valence-electron chi connectivity index (χ0n) is 11.1. The van der Waals surface area contributed by atoms with Crippen molar-refractivity contribution in [2.45, 2.75) is 39.5 Å². The Bertz CT molecular complexity index is 553. The summed E-state index contributed by atoms with van der Waals surface area (Å²) < 4.78 is 16.0. The summed E-state index contributed by atoms with van der Waals surface area (Å²) in [7, 11) is 1.87. The average Bonchev–Trinajstić information content (AvgIpc) is 2.57. The van der Waals surface area contributed by atoms with Gasteiger partial charge in [0.1, 0.15) is 5.82 Å². The van der Waals surface area contributed by atoms with Gasteiger partial charge in [0.25, 0.3) is 0 Å². The summed E-state index contributed by atoms with van der Waals surface area (Å²) >= 11 is 0. The first kappa shape index (κ1) is 12.1. The van der Waals surface area contributed by atoms with Crippen LogP contribution in [0.25, 0.3) is 10.9 Å². The summed E-state index contributed by atoms with van der Waals surface area (Å²) in [5.41, 5.74) is 2.75. The van der Waals surface area contributed by atoms with Crippen molar-refractivity contribution in [3.63, 3.8) is 0 Å². The summed E-state index contributed by atoms with van der Waals surface area (Å²) in [6, 6.07) is 3.68. The Labute approximate surface area is 101 Å². The van der Waals surface area contributed by atoms with E-state index in [2.05, 4.69) is 18.9 Å². The topological polar surface area (TPSA) is 17.8 Å². The molecule has 92 valence electrons. The van der Waals surface area contributed by atoms with Gasteiger partial charge >= 0.3 is 0 Å². The predicted molar refractivity (Wildman–Crippen MR) is 68.9 cm³/mol. The minimum absolute atomic E-state index is 0.150. The van der Waals surface area contributed by atoms with E-state index in [1.54, 1.807) is 10.7 Å². The number of rotatable bonds is 2. The third-order valence-electron chi connectivity index (χ3n) is 3.17. The van der Waals surface area contributed by atoms with Crippen LogP contribution in [-0.2, 0) is 7.05 Å². The van der Waals surface area contributed by atoms with Gasteiger partial charge in [0, 0.05) is 7.05 Å². The van der Waals surface area contributed by atoms with Crippen LogP contribution in [0.15, 0.2) is 12.1 Å². The summed E-state index contributed by atoms with van der Waals surface area (Å²) in [6.07, 6.45) is 0. The van der Waals surface area contributed by atoms with Crippen LogP contribution in [0.5, 0.6) is 0 Å². The fourth-order valence-corrected chi connectivity index (χ4v) is 2.12. The van der Waals surface area contributed by atoms with Crippen molar-refractivity contribution < 1.29 is 4.39 Å². The molecular formula is C14H19FN2. The van der Waals surface area contributed by atoms with Crippen LogP contribution in [0.1, 0.15) is 50.8 Å². The van der Waals surface area contributed by atoms with E-state index in [0.717, 1.165) is 16.8 Å². The Balaban J connectivity index is 2.78. The molecule has 0 aliphatic carbocycles. The van der Waals surface area contributed by atoms with Gasteiger partial charge in [-0.25, -0.2) is 4.39 Å². The van der Waals surface area contributed by atoms with Crippen LogP contribution in [0.3, 0.4) is 0 Å². The van der Waals surface area contributed by atoms with Crippen molar-refractivity contribution in [1.82, 2.24) is 9.78 Å². The third-order valence-corrected chi connectivity index (χ3v) is 3.17. The lowest BCUT2D eigenvalue weighted by molar-refractivity contribution is 0.633. The van der Waals surface area contributed by atoms with Gasteiger partial charge in [-0.1, -0.05) is 27.7 Å². The van der Waals surface area contributed by atoms with Crippen molar-refractivity contribution in [3.05, 3.63) is 29.2 Å². The second-order valence-electron chi connectivity index (χ2n) is 5.22. The standard InChI is InChI=1S/C14H19FN2/c1-8(2)10-6-11(15)13-12(7-10)17(5)16-14(13)9(3)4/h6-9H,1-5H3. The number of aromatic nitrogens is 2. The van der Waals surface area contributed by atoms with Crippen molar-refractivity contribution >= 4 is 10.9 Å². The Hall–Kier alpha value is -1.38. The summed E-state index contributed by atoms with van der Waals surface area (Å²) in [5.74, 6) is 0.410. The second-order valence-corrected chi connectivity index (χ2v) is 5.22. The van der Waals surface area contributed by atoms with Crippen molar-refractivity contribution in [2.75, 3.05) is 0 Å². The molecule has 0 unspecified atom stereocenters. The maximum Gasteiger partial charge on any atom is 0.134 e. The van der Waals surface area contributed by atoms with Crippen molar-refractivity contribution in [3.8, 4) is 0 Å². The highest BCUT2D eigenvalue weighted by atomic mass is 19.1. The lowest BCUT2D eigenvalue weighted by Crippen LogP contribution is -1.93. The molecule has 0 radical (unpaired) electrons. The molecule has 0 spiro atoms. The SMILES string of the molecule is CC(C)c1cc(F)c2c(C(C)C)nn(C)c2c1. The van der Waals surface area contributed by atoms with Crippen LogP contribution in [0, 0.1) is 5.82 Å². The summed E-state index contributed by atoms with van der Waals surface area (Å²) in [6.45, 7) is 8.22. The molecule has 2 rings (SSSR count). The predicted octanol–water partition coefficient (Wildman–Crippen LogP) is 3.96. The lowest BCUT2D eigenvalue weighted by atomic mass is 9.99. The molecule has 0 aliphatic heterocycles. The minimum atomic E-state index is -0.150. The maximum absolute atomic E-state index is 14.2. The molecule has 0 amide bonds. The van der Waals surface area contributed by atoms with Crippen LogP contribution in [0.2, 0.25) is 0 Å². The van der Waals surface area contributed by atoms with E-state index in [1.165, 1.54) is 0 Å². The monoisotopic (exact) mass is 234 g/mol. The van der Waals surface area contributed by atoms with E-state index in [9.17, 15) is 4.39 Å². The zero-order chi connectivity index (χ0) is 12.7. The third kappa shape index (κ3) is 1.94. The van der Waals surface area contributed by atoms with Gasteiger partial charge in [-0.3, -0.25) is 4.68 Å². The van der Waals surface area contributed by atoms with E-state index in [-0.39, 0.29) is 11.7 Å². The normalized spacial score (nSPS) is 12.0. The van der Waals surface area contributed by atoms with E-state index in [1.807, 2.05) is 27.0 Å². The van der Waals surface area contributed by atoms with Gasteiger partial charge in [-0.2, -0.15) is 5.10 Å². The van der Waals surface area contributed by atoms with Crippen LogP contribution < -0.4 is 0 Å². The summed E-state index contributed by atoms with van der Waals surface area (Å²) in [5, 5.41) is 5.10. The van der Waals surface area contributed by atoms with Crippen LogP contribution >= 0.6 is 0 Å². The minimum Gasteiger partial charge on any atom is -0.268 e. The Morgan fingerprint density at radius 2 is 1.76 bits per heavy atom. The average molecular weight is 234 g/mol. The highest BCUT2D eigenvalue weighted by Crippen LogP contribution is 2.30. The molecule has 0 saturated heterocycles. The molecule has 1 aromatic heterocycles.